The van der Waals surface area contributed by atoms with Crippen LogP contribution in [0.2, 0.25) is 0 Å². The minimum atomic E-state index is 0.872. The van der Waals surface area contributed by atoms with E-state index in [1.165, 1.54) is 32.1 Å². The first-order chi connectivity index (χ1) is 6.24. The quantitative estimate of drug-likeness (QED) is 0.512. The molecule has 2 unspecified atom stereocenters. The van der Waals surface area contributed by atoms with Crippen LogP contribution in [0, 0.1) is 25.7 Å². The minimum absolute atomic E-state index is 0.872. The summed E-state index contributed by atoms with van der Waals surface area (Å²) in [6, 6.07) is 0. The lowest BCUT2D eigenvalue weighted by Crippen LogP contribution is -2.02. The van der Waals surface area contributed by atoms with Crippen molar-refractivity contribution in [1.29, 1.82) is 0 Å². The molecule has 0 bridgehead atoms. The van der Waals surface area contributed by atoms with Crippen LogP contribution < -0.4 is 0 Å². The van der Waals surface area contributed by atoms with E-state index in [0.29, 0.717) is 0 Å². The van der Waals surface area contributed by atoms with Crippen molar-refractivity contribution in [3.8, 4) is 0 Å². The number of rotatable bonds is 8. The lowest BCUT2D eigenvalue weighted by molar-refractivity contribution is 0.372. The summed E-state index contributed by atoms with van der Waals surface area (Å²) in [5, 5.41) is 0. The fourth-order valence-electron chi connectivity index (χ4n) is 1.85. The third kappa shape index (κ3) is 7.10. The van der Waals surface area contributed by atoms with E-state index in [2.05, 4.69) is 27.7 Å². The fourth-order valence-corrected chi connectivity index (χ4v) is 1.85. The highest BCUT2D eigenvalue weighted by Crippen LogP contribution is 2.21. The second-order valence-electron chi connectivity index (χ2n) is 4.24. The van der Waals surface area contributed by atoms with Gasteiger partial charge >= 0.3 is 0 Å². The van der Waals surface area contributed by atoms with Crippen LogP contribution in [0.5, 0.6) is 0 Å². The molecule has 0 rings (SSSR count). The van der Waals surface area contributed by atoms with Crippen LogP contribution in [0.3, 0.4) is 0 Å². The summed E-state index contributed by atoms with van der Waals surface area (Å²) >= 11 is 0. The topological polar surface area (TPSA) is 0 Å². The Labute approximate surface area is 85.1 Å². The molecule has 0 N–H and O–H groups in total. The van der Waals surface area contributed by atoms with Crippen LogP contribution in [0.1, 0.15) is 58.8 Å². The zero-order valence-electron chi connectivity index (χ0n) is 9.52. The van der Waals surface area contributed by atoms with Crippen molar-refractivity contribution >= 4 is 0 Å². The molecule has 78 valence electrons. The molecule has 0 saturated carbocycles. The molecular weight excluding hydrogens is 156 g/mol. The first-order valence-corrected chi connectivity index (χ1v) is 5.83. The van der Waals surface area contributed by atoms with Gasteiger partial charge in [0.15, 0.2) is 0 Å². The largest absolute Gasteiger partial charge is 0.0651 e. The smallest absolute Gasteiger partial charge is 0.0417 e. The molecule has 0 aromatic heterocycles. The normalized spacial score (nSPS) is 15.7. The van der Waals surface area contributed by atoms with Gasteiger partial charge in [0.05, 0.1) is 0 Å². The van der Waals surface area contributed by atoms with Gasteiger partial charge < -0.3 is 0 Å². The molecule has 0 amide bonds. The molecule has 0 aliphatic carbocycles. The van der Waals surface area contributed by atoms with E-state index >= 15 is 0 Å². The molecule has 0 spiro atoms. The molecular formula is C13H26. The van der Waals surface area contributed by atoms with E-state index in [-0.39, 0.29) is 0 Å². The Morgan fingerprint density at radius 1 is 0.923 bits per heavy atom. The number of hydrogen-bond acceptors (Lipinski definition) is 0. The highest BCUT2D eigenvalue weighted by atomic mass is 14.1. The van der Waals surface area contributed by atoms with Gasteiger partial charge in [-0.2, -0.15) is 0 Å². The average molecular weight is 182 g/mol. The van der Waals surface area contributed by atoms with Crippen molar-refractivity contribution in [1.82, 2.24) is 0 Å². The summed E-state index contributed by atoms with van der Waals surface area (Å²) < 4.78 is 0. The van der Waals surface area contributed by atoms with Gasteiger partial charge in [0.25, 0.3) is 0 Å². The predicted molar refractivity (Wildman–Crippen MR) is 61.4 cm³/mol. The van der Waals surface area contributed by atoms with E-state index in [1.807, 2.05) is 0 Å². The van der Waals surface area contributed by atoms with Crippen molar-refractivity contribution in [3.05, 3.63) is 13.8 Å². The van der Waals surface area contributed by atoms with Crippen molar-refractivity contribution in [2.75, 3.05) is 0 Å². The zero-order chi connectivity index (χ0) is 10.1. The molecule has 0 fully saturated rings. The Balaban J connectivity index is 3.46. The van der Waals surface area contributed by atoms with Crippen LogP contribution in [0.25, 0.3) is 0 Å². The Bertz CT molecular complexity index is 96.2. The van der Waals surface area contributed by atoms with Crippen LogP contribution in [0.4, 0.5) is 0 Å². The van der Waals surface area contributed by atoms with E-state index in [4.69, 9.17) is 0 Å². The molecule has 0 aliphatic heterocycles. The molecule has 0 heterocycles. The Morgan fingerprint density at radius 2 is 1.54 bits per heavy atom. The molecule has 0 nitrogen and oxygen atoms in total. The SMILES string of the molecule is [CH2]CCC(C)CCC(CC)CC[CH2]. The van der Waals surface area contributed by atoms with Gasteiger partial charge in [0.2, 0.25) is 0 Å². The lowest BCUT2D eigenvalue weighted by Gasteiger charge is -2.16. The van der Waals surface area contributed by atoms with E-state index < -0.39 is 0 Å². The van der Waals surface area contributed by atoms with E-state index in [0.717, 1.165) is 24.7 Å². The molecule has 13 heavy (non-hydrogen) atoms. The molecule has 0 aliphatic rings. The van der Waals surface area contributed by atoms with Gasteiger partial charge in [-0.15, -0.1) is 0 Å². The zero-order valence-corrected chi connectivity index (χ0v) is 9.52. The van der Waals surface area contributed by atoms with Gasteiger partial charge in [-0.1, -0.05) is 72.6 Å². The molecule has 0 heteroatoms. The third-order valence-electron chi connectivity index (χ3n) is 2.95. The monoisotopic (exact) mass is 182 g/mol. The Morgan fingerprint density at radius 3 is 2.00 bits per heavy atom. The first-order valence-electron chi connectivity index (χ1n) is 5.83. The van der Waals surface area contributed by atoms with Crippen LogP contribution in [-0.4, -0.2) is 0 Å². The second kappa shape index (κ2) is 8.59. The molecule has 0 saturated heterocycles. The van der Waals surface area contributed by atoms with Gasteiger partial charge in [-0.05, 0) is 11.8 Å². The van der Waals surface area contributed by atoms with Gasteiger partial charge in [-0.25, -0.2) is 0 Å². The molecule has 2 radical (unpaired) electrons. The van der Waals surface area contributed by atoms with Crippen LogP contribution in [0.15, 0.2) is 0 Å². The van der Waals surface area contributed by atoms with Crippen molar-refractivity contribution < 1.29 is 0 Å². The fraction of sp³-hybridized carbons (Fsp3) is 0.846. The predicted octanol–water partition coefficient (Wildman–Crippen LogP) is 4.66. The van der Waals surface area contributed by atoms with E-state index in [1.54, 1.807) is 0 Å². The Hall–Kier alpha value is 0. The maximum absolute atomic E-state index is 3.93. The summed E-state index contributed by atoms with van der Waals surface area (Å²) in [5.41, 5.74) is 0. The highest BCUT2D eigenvalue weighted by Gasteiger charge is 2.07. The van der Waals surface area contributed by atoms with Gasteiger partial charge in [0, 0.05) is 0 Å². The van der Waals surface area contributed by atoms with Crippen molar-refractivity contribution in [2.24, 2.45) is 11.8 Å². The number of hydrogen-bond donors (Lipinski definition) is 0. The maximum Gasteiger partial charge on any atom is -0.0417 e. The minimum Gasteiger partial charge on any atom is -0.0651 e. The van der Waals surface area contributed by atoms with Gasteiger partial charge in [0.1, 0.15) is 0 Å². The standard InChI is InChI=1S/C13H26/c1-5-8-12(4)10-11-13(7-3)9-6-2/h12-13H,1-2,5-11H2,3-4H3. The molecule has 2 atom stereocenters. The summed E-state index contributed by atoms with van der Waals surface area (Å²) in [6.45, 7) is 12.5. The third-order valence-corrected chi connectivity index (χ3v) is 2.95. The molecule has 0 aromatic rings. The molecule has 0 aromatic carbocycles. The first kappa shape index (κ1) is 13.0. The summed E-state index contributed by atoms with van der Waals surface area (Å²) in [6.07, 6.45) is 8.90. The van der Waals surface area contributed by atoms with Crippen LogP contribution in [-0.2, 0) is 0 Å². The van der Waals surface area contributed by atoms with E-state index in [9.17, 15) is 0 Å². The van der Waals surface area contributed by atoms with Crippen LogP contribution >= 0.6 is 0 Å². The summed E-state index contributed by atoms with van der Waals surface area (Å²) in [4.78, 5) is 0. The maximum atomic E-state index is 3.93. The van der Waals surface area contributed by atoms with Crippen molar-refractivity contribution in [2.45, 2.75) is 58.8 Å². The van der Waals surface area contributed by atoms with Crippen molar-refractivity contribution in [3.63, 3.8) is 0 Å². The Kier molecular flexibility index (Phi) is 8.59. The average Bonchev–Trinajstić information content (AvgIpc) is 2.12. The highest BCUT2D eigenvalue weighted by molar-refractivity contribution is 4.62. The summed E-state index contributed by atoms with van der Waals surface area (Å²) in [5.74, 6) is 1.79. The summed E-state index contributed by atoms with van der Waals surface area (Å²) in [7, 11) is 0. The van der Waals surface area contributed by atoms with Gasteiger partial charge in [-0.3, -0.25) is 0 Å². The second-order valence-corrected chi connectivity index (χ2v) is 4.24. The lowest BCUT2D eigenvalue weighted by atomic mass is 9.90.